The number of halogens is 1. The molecule has 6 heteroatoms. The van der Waals surface area contributed by atoms with Gasteiger partial charge in [-0.05, 0) is 23.8 Å². The lowest BCUT2D eigenvalue weighted by Crippen LogP contribution is -2.07. The number of nitrogens with two attached hydrogens (primary N) is 1. The van der Waals surface area contributed by atoms with Crippen molar-refractivity contribution in [1.82, 2.24) is 4.98 Å². The average Bonchev–Trinajstić information content (AvgIpc) is 2.87. The van der Waals surface area contributed by atoms with Gasteiger partial charge in [-0.2, -0.15) is 0 Å². The Kier molecular flexibility index (Phi) is 4.09. The minimum Gasteiger partial charge on any atom is -0.375 e. The molecule has 0 spiro atoms. The first-order valence-corrected chi connectivity index (χ1v) is 7.71. The van der Waals surface area contributed by atoms with E-state index in [0.29, 0.717) is 21.4 Å². The summed E-state index contributed by atoms with van der Waals surface area (Å²) in [7, 11) is 0. The third-order valence-electron chi connectivity index (χ3n) is 2.96. The van der Waals surface area contributed by atoms with E-state index in [-0.39, 0.29) is 5.91 Å². The topological polar surface area (TPSA) is 68.0 Å². The number of nitrogens with zero attached hydrogens (tertiary/aromatic N) is 1. The van der Waals surface area contributed by atoms with Gasteiger partial charge < -0.3 is 11.1 Å². The van der Waals surface area contributed by atoms with Crippen LogP contribution in [0.3, 0.4) is 0 Å². The van der Waals surface area contributed by atoms with E-state index in [2.05, 4.69) is 10.3 Å². The molecule has 0 saturated carbocycles. The normalized spacial score (nSPS) is 11.1. The first-order chi connectivity index (χ1) is 10.6. The van der Waals surface area contributed by atoms with Crippen molar-refractivity contribution in [3.63, 3.8) is 0 Å². The number of thiazole rings is 1. The van der Waals surface area contributed by atoms with E-state index in [1.165, 1.54) is 17.4 Å². The molecule has 0 fully saturated rings. The molecule has 0 saturated heterocycles. The molecule has 1 heterocycles. The molecule has 22 heavy (non-hydrogen) atoms. The highest BCUT2D eigenvalue weighted by Gasteiger charge is 2.08. The van der Waals surface area contributed by atoms with Crippen molar-refractivity contribution < 1.29 is 4.79 Å². The van der Waals surface area contributed by atoms with Gasteiger partial charge in [0.1, 0.15) is 5.52 Å². The Hall–Kier alpha value is -2.37. The van der Waals surface area contributed by atoms with Gasteiger partial charge >= 0.3 is 0 Å². The lowest BCUT2D eigenvalue weighted by atomic mass is 10.2. The van der Waals surface area contributed by atoms with Crippen molar-refractivity contribution in [2.75, 3.05) is 11.1 Å². The van der Waals surface area contributed by atoms with E-state index in [9.17, 15) is 4.79 Å². The number of anilines is 2. The van der Waals surface area contributed by atoms with E-state index < -0.39 is 0 Å². The number of rotatable bonds is 3. The SMILES string of the molecule is Nc1nc2c(Cl)cc(NC(=O)/C=C/c3ccccc3)cc2s1. The van der Waals surface area contributed by atoms with Gasteiger partial charge in [0.05, 0.1) is 9.72 Å². The number of hydrogen-bond donors (Lipinski definition) is 2. The Morgan fingerprint density at radius 3 is 2.82 bits per heavy atom. The zero-order valence-electron chi connectivity index (χ0n) is 11.4. The number of nitrogens with one attached hydrogen (secondary N) is 1. The molecular formula is C16H12ClN3OS. The van der Waals surface area contributed by atoms with E-state index in [4.69, 9.17) is 17.3 Å². The van der Waals surface area contributed by atoms with Crippen LogP contribution in [0.4, 0.5) is 10.8 Å². The van der Waals surface area contributed by atoms with Crippen LogP contribution in [-0.4, -0.2) is 10.9 Å². The lowest BCUT2D eigenvalue weighted by Gasteiger charge is -2.03. The van der Waals surface area contributed by atoms with Crippen LogP contribution in [0.1, 0.15) is 5.56 Å². The lowest BCUT2D eigenvalue weighted by molar-refractivity contribution is -0.111. The Morgan fingerprint density at radius 1 is 1.27 bits per heavy atom. The molecule has 110 valence electrons. The van der Waals surface area contributed by atoms with Gasteiger partial charge in [-0.15, -0.1) is 0 Å². The smallest absolute Gasteiger partial charge is 0.248 e. The number of carbonyl (C=O) groups is 1. The molecule has 1 aromatic heterocycles. The summed E-state index contributed by atoms with van der Waals surface area (Å²) in [6.45, 7) is 0. The minimum atomic E-state index is -0.225. The molecule has 0 aliphatic heterocycles. The monoisotopic (exact) mass is 329 g/mol. The van der Waals surface area contributed by atoms with Gasteiger partial charge in [0.15, 0.2) is 5.13 Å². The predicted molar refractivity (Wildman–Crippen MR) is 93.1 cm³/mol. The highest BCUT2D eigenvalue weighted by atomic mass is 35.5. The van der Waals surface area contributed by atoms with Crippen LogP contribution in [0.15, 0.2) is 48.5 Å². The zero-order chi connectivity index (χ0) is 15.5. The molecule has 0 atom stereocenters. The molecule has 0 bridgehead atoms. The molecule has 3 aromatic rings. The summed E-state index contributed by atoms with van der Waals surface area (Å²) >= 11 is 7.48. The van der Waals surface area contributed by atoms with Gasteiger partial charge in [-0.3, -0.25) is 4.79 Å². The second-order valence-electron chi connectivity index (χ2n) is 4.59. The largest absolute Gasteiger partial charge is 0.375 e. The van der Waals surface area contributed by atoms with Crippen molar-refractivity contribution >= 4 is 56.0 Å². The fraction of sp³-hybridized carbons (Fsp3) is 0. The Bertz CT molecular complexity index is 858. The first-order valence-electron chi connectivity index (χ1n) is 6.51. The van der Waals surface area contributed by atoms with Gasteiger partial charge in [0.25, 0.3) is 0 Å². The summed E-state index contributed by atoms with van der Waals surface area (Å²) in [5.41, 5.74) is 7.90. The van der Waals surface area contributed by atoms with Gasteiger partial charge in [-0.1, -0.05) is 53.3 Å². The fourth-order valence-electron chi connectivity index (χ4n) is 2.00. The summed E-state index contributed by atoms with van der Waals surface area (Å²) in [6.07, 6.45) is 3.23. The van der Waals surface area contributed by atoms with E-state index in [1.807, 2.05) is 36.4 Å². The molecule has 0 aliphatic carbocycles. The van der Waals surface area contributed by atoms with Crippen molar-refractivity contribution in [3.05, 3.63) is 59.1 Å². The highest BCUT2D eigenvalue weighted by Crippen LogP contribution is 2.32. The van der Waals surface area contributed by atoms with Crippen LogP contribution in [0.5, 0.6) is 0 Å². The van der Waals surface area contributed by atoms with Gasteiger partial charge in [-0.25, -0.2) is 4.98 Å². The van der Waals surface area contributed by atoms with Crippen molar-refractivity contribution in [2.24, 2.45) is 0 Å². The predicted octanol–water partition coefficient (Wildman–Crippen LogP) is 4.18. The van der Waals surface area contributed by atoms with Crippen molar-refractivity contribution in [3.8, 4) is 0 Å². The first kappa shape index (κ1) is 14.6. The second-order valence-corrected chi connectivity index (χ2v) is 6.06. The molecule has 0 aliphatic rings. The number of aromatic nitrogens is 1. The summed E-state index contributed by atoms with van der Waals surface area (Å²) in [5, 5.41) is 3.70. The molecule has 0 unspecified atom stereocenters. The quantitative estimate of drug-likeness (QED) is 0.708. The number of benzene rings is 2. The average molecular weight is 330 g/mol. The molecular weight excluding hydrogens is 318 g/mol. The number of amides is 1. The van der Waals surface area contributed by atoms with Gasteiger partial charge in [0.2, 0.25) is 5.91 Å². The van der Waals surface area contributed by atoms with E-state index in [0.717, 1.165) is 10.3 Å². The summed E-state index contributed by atoms with van der Waals surface area (Å²) in [5.74, 6) is -0.225. The molecule has 1 amide bonds. The third kappa shape index (κ3) is 3.27. The molecule has 0 radical (unpaired) electrons. The number of carbonyl (C=O) groups excluding carboxylic acids is 1. The number of nitrogen functional groups attached to an aromatic ring is 1. The Labute approximate surface area is 136 Å². The highest BCUT2D eigenvalue weighted by molar-refractivity contribution is 7.22. The van der Waals surface area contributed by atoms with Crippen molar-refractivity contribution in [2.45, 2.75) is 0 Å². The third-order valence-corrected chi connectivity index (χ3v) is 4.08. The minimum absolute atomic E-state index is 0.225. The maximum atomic E-state index is 12.0. The fourth-order valence-corrected chi connectivity index (χ4v) is 3.12. The second kappa shape index (κ2) is 6.17. The van der Waals surface area contributed by atoms with E-state index >= 15 is 0 Å². The number of fused-ring (bicyclic) bond motifs is 1. The zero-order valence-corrected chi connectivity index (χ0v) is 13.0. The maximum absolute atomic E-state index is 12.0. The Morgan fingerprint density at radius 2 is 2.05 bits per heavy atom. The molecule has 3 N–H and O–H groups in total. The van der Waals surface area contributed by atoms with Crippen LogP contribution in [0.2, 0.25) is 5.02 Å². The summed E-state index contributed by atoms with van der Waals surface area (Å²) < 4.78 is 0.840. The van der Waals surface area contributed by atoms with Crippen LogP contribution < -0.4 is 11.1 Å². The van der Waals surface area contributed by atoms with Crippen LogP contribution in [0.25, 0.3) is 16.3 Å². The summed E-state index contributed by atoms with van der Waals surface area (Å²) in [6, 6.07) is 13.1. The van der Waals surface area contributed by atoms with Crippen LogP contribution in [-0.2, 0) is 4.79 Å². The summed E-state index contributed by atoms with van der Waals surface area (Å²) in [4.78, 5) is 16.1. The number of hydrogen-bond acceptors (Lipinski definition) is 4. The van der Waals surface area contributed by atoms with E-state index in [1.54, 1.807) is 12.1 Å². The Balaban J connectivity index is 1.78. The van der Waals surface area contributed by atoms with Crippen LogP contribution in [0, 0.1) is 0 Å². The molecule has 2 aromatic carbocycles. The molecule has 4 nitrogen and oxygen atoms in total. The maximum Gasteiger partial charge on any atom is 0.248 e. The van der Waals surface area contributed by atoms with Crippen LogP contribution >= 0.6 is 22.9 Å². The van der Waals surface area contributed by atoms with Crippen molar-refractivity contribution in [1.29, 1.82) is 0 Å². The molecule has 3 rings (SSSR count). The standard InChI is InChI=1S/C16H12ClN3OS/c17-12-8-11(9-13-15(12)20-16(18)22-13)19-14(21)7-6-10-4-2-1-3-5-10/h1-9H,(H2,18,20)(H,19,21)/b7-6+. The van der Waals surface area contributed by atoms with Gasteiger partial charge in [0, 0.05) is 11.8 Å².